The summed E-state index contributed by atoms with van der Waals surface area (Å²) in [5.41, 5.74) is 1.27. The van der Waals surface area contributed by atoms with E-state index in [2.05, 4.69) is 79.7 Å². The number of benzene rings is 2. The summed E-state index contributed by atoms with van der Waals surface area (Å²) in [5.74, 6) is 0. The van der Waals surface area contributed by atoms with Crippen LogP contribution in [0.25, 0.3) is 21.5 Å². The molecule has 0 saturated carbocycles. The maximum absolute atomic E-state index is 3.12. The molecular formula is C19H16Cl2Ti. The van der Waals surface area contributed by atoms with Crippen molar-refractivity contribution in [1.29, 1.82) is 0 Å². The van der Waals surface area contributed by atoms with Crippen LogP contribution in [0.2, 0.25) is 0 Å². The molecule has 22 heavy (non-hydrogen) atoms. The molecular weight excluding hydrogens is 347 g/mol. The van der Waals surface area contributed by atoms with Gasteiger partial charge in [-0.25, -0.2) is 11.6 Å². The quantitative estimate of drug-likeness (QED) is 0.370. The summed E-state index contributed by atoms with van der Waals surface area (Å²) in [6.07, 6.45) is 8.33. The summed E-state index contributed by atoms with van der Waals surface area (Å²) in [5, 5.41) is 5.39. The van der Waals surface area contributed by atoms with Crippen LogP contribution in [0.15, 0.2) is 72.3 Å². The molecule has 0 aliphatic heterocycles. The van der Waals surface area contributed by atoms with E-state index < -0.39 is 0 Å². The number of rotatable bonds is 0. The smallest absolute Gasteiger partial charge is 1.00 e. The minimum absolute atomic E-state index is 0. The van der Waals surface area contributed by atoms with Crippen molar-refractivity contribution in [3.05, 3.63) is 78.4 Å². The van der Waals surface area contributed by atoms with E-state index in [-0.39, 0.29) is 46.5 Å². The summed E-state index contributed by atoms with van der Waals surface area (Å²) in [7, 11) is 0. The Morgan fingerprint density at radius 2 is 1.36 bits per heavy atom. The third-order valence-corrected chi connectivity index (χ3v) is 3.39. The van der Waals surface area contributed by atoms with E-state index >= 15 is 0 Å². The Balaban J connectivity index is 0.000000429. The van der Waals surface area contributed by atoms with Crippen LogP contribution in [-0.4, -0.2) is 0 Å². The zero-order chi connectivity index (χ0) is 13.1. The van der Waals surface area contributed by atoms with Crippen LogP contribution >= 0.6 is 0 Å². The van der Waals surface area contributed by atoms with E-state index in [4.69, 9.17) is 0 Å². The first-order chi connectivity index (χ1) is 9.34. The Labute approximate surface area is 159 Å². The van der Waals surface area contributed by atoms with Gasteiger partial charge in [-0.1, -0.05) is 43.3 Å². The molecule has 4 rings (SSSR count). The van der Waals surface area contributed by atoms with Gasteiger partial charge >= 0.3 is 21.7 Å². The van der Waals surface area contributed by atoms with Crippen molar-refractivity contribution in [2.75, 3.05) is 0 Å². The van der Waals surface area contributed by atoms with Crippen LogP contribution in [0.4, 0.5) is 0 Å². The van der Waals surface area contributed by atoms with Gasteiger partial charge in [0.1, 0.15) is 0 Å². The second-order valence-electron chi connectivity index (χ2n) is 4.79. The summed E-state index contributed by atoms with van der Waals surface area (Å²) in [4.78, 5) is 0. The minimum atomic E-state index is 0. The van der Waals surface area contributed by atoms with Crippen molar-refractivity contribution >= 4 is 21.5 Å². The van der Waals surface area contributed by atoms with Crippen LogP contribution in [0.1, 0.15) is 13.3 Å². The molecule has 3 aromatic carbocycles. The van der Waals surface area contributed by atoms with Gasteiger partial charge in [0, 0.05) is 0 Å². The van der Waals surface area contributed by atoms with Gasteiger partial charge in [0.2, 0.25) is 0 Å². The van der Waals surface area contributed by atoms with Gasteiger partial charge in [0.25, 0.3) is 0 Å². The molecule has 0 unspecified atom stereocenters. The van der Waals surface area contributed by atoms with Crippen molar-refractivity contribution in [3.8, 4) is 0 Å². The molecule has 0 aromatic heterocycles. The minimum Gasteiger partial charge on any atom is -1.00 e. The zero-order valence-electron chi connectivity index (χ0n) is 12.3. The summed E-state index contributed by atoms with van der Waals surface area (Å²) in [6.45, 7) is 2.06. The largest absolute Gasteiger partial charge is 4.00 e. The van der Waals surface area contributed by atoms with Crippen molar-refractivity contribution in [2.45, 2.75) is 13.3 Å². The van der Waals surface area contributed by atoms with Gasteiger partial charge in [-0.3, -0.25) is 6.08 Å². The van der Waals surface area contributed by atoms with E-state index in [9.17, 15) is 0 Å². The molecule has 0 saturated heterocycles. The molecule has 0 fully saturated rings. The maximum Gasteiger partial charge on any atom is 4.00 e. The number of allylic oxidation sites excluding steroid dienone is 4. The third kappa shape index (κ3) is 4.79. The SMILES string of the molecule is CC1=[C-]CC=C1.[Cl-].[Cl-].[Ti+4].c1ccc2c(c1)[cH-]c1ccccc12. The molecule has 0 amide bonds. The van der Waals surface area contributed by atoms with Crippen LogP contribution in [0.5, 0.6) is 0 Å². The molecule has 0 N–H and O–H groups in total. The standard InChI is InChI=1S/C13H9.C6H7.2ClH.Ti/c1-3-7-12-10(5-1)9-11-6-2-4-8-13(11)12;1-6-4-2-3-5-6;;;/h1-9H;2,4H,3H2,1H3;2*1H;/q2*-1;;;+4/p-2. The first-order valence-electron chi connectivity index (χ1n) is 6.62. The van der Waals surface area contributed by atoms with Crippen LogP contribution in [-0.2, 0) is 21.7 Å². The maximum atomic E-state index is 3.12. The van der Waals surface area contributed by atoms with Gasteiger partial charge in [-0.2, -0.15) is 6.08 Å². The van der Waals surface area contributed by atoms with Gasteiger partial charge in [-0.15, -0.1) is 46.2 Å². The second kappa shape index (κ2) is 9.97. The van der Waals surface area contributed by atoms with E-state index in [1.807, 2.05) is 0 Å². The number of hydrogen-bond acceptors (Lipinski definition) is 0. The van der Waals surface area contributed by atoms with Gasteiger partial charge in [-0.05, 0) is 0 Å². The fraction of sp³-hybridized carbons (Fsp3) is 0.105. The summed E-state index contributed by atoms with van der Waals surface area (Å²) >= 11 is 0. The molecule has 0 atom stereocenters. The van der Waals surface area contributed by atoms with Gasteiger partial charge in [0.15, 0.2) is 0 Å². The van der Waals surface area contributed by atoms with Crippen LogP contribution in [0, 0.1) is 6.08 Å². The number of halogens is 2. The average Bonchev–Trinajstić information content (AvgIpc) is 3.06. The first kappa shape index (κ1) is 21.1. The Morgan fingerprint density at radius 3 is 1.73 bits per heavy atom. The molecule has 0 radical (unpaired) electrons. The predicted octanol–water partition coefficient (Wildman–Crippen LogP) is -0.587. The van der Waals surface area contributed by atoms with Gasteiger partial charge in [0.05, 0.1) is 0 Å². The molecule has 0 nitrogen and oxygen atoms in total. The molecule has 110 valence electrons. The predicted molar refractivity (Wildman–Crippen MR) is 83.2 cm³/mol. The third-order valence-electron chi connectivity index (χ3n) is 3.39. The van der Waals surface area contributed by atoms with Crippen molar-refractivity contribution < 1.29 is 46.5 Å². The summed E-state index contributed by atoms with van der Waals surface area (Å²) < 4.78 is 0. The van der Waals surface area contributed by atoms with E-state index in [1.54, 1.807) is 0 Å². The Morgan fingerprint density at radius 1 is 0.864 bits per heavy atom. The average molecular weight is 363 g/mol. The Hall–Kier alpha value is -0.916. The summed E-state index contributed by atoms with van der Waals surface area (Å²) in [6, 6.07) is 19.3. The molecule has 0 bridgehead atoms. The molecule has 3 heteroatoms. The first-order valence-corrected chi connectivity index (χ1v) is 6.62. The Kier molecular flexibility index (Phi) is 9.56. The Bertz CT molecular complexity index is 716. The topological polar surface area (TPSA) is 0 Å². The van der Waals surface area contributed by atoms with Crippen LogP contribution in [0.3, 0.4) is 0 Å². The van der Waals surface area contributed by atoms with E-state index in [1.165, 1.54) is 27.1 Å². The van der Waals surface area contributed by atoms with E-state index in [0.717, 1.165) is 6.42 Å². The normalized spacial score (nSPS) is 11.6. The molecule has 3 aromatic rings. The molecule has 0 heterocycles. The fourth-order valence-corrected chi connectivity index (χ4v) is 2.42. The van der Waals surface area contributed by atoms with E-state index in [0.29, 0.717) is 0 Å². The number of fused-ring (bicyclic) bond motifs is 3. The zero-order valence-corrected chi connectivity index (χ0v) is 15.4. The van der Waals surface area contributed by atoms with Gasteiger partial charge < -0.3 is 24.8 Å². The number of hydrogen-bond donors (Lipinski definition) is 0. The second-order valence-corrected chi connectivity index (χ2v) is 4.79. The van der Waals surface area contributed by atoms with Crippen molar-refractivity contribution in [2.24, 2.45) is 0 Å². The monoisotopic (exact) mass is 362 g/mol. The van der Waals surface area contributed by atoms with Crippen LogP contribution < -0.4 is 24.8 Å². The molecule has 1 aliphatic carbocycles. The molecule has 1 aliphatic rings. The van der Waals surface area contributed by atoms with Crippen molar-refractivity contribution in [3.63, 3.8) is 0 Å². The molecule has 0 spiro atoms. The fourth-order valence-electron chi connectivity index (χ4n) is 2.42. The van der Waals surface area contributed by atoms with Crippen molar-refractivity contribution in [1.82, 2.24) is 0 Å².